The SMILES string of the molecule is COC(=O)c1cc(CNC(=O)C2CC(F)(F)CN2)oc1C. The first-order valence-electron chi connectivity index (χ1n) is 6.39. The number of amides is 1. The summed E-state index contributed by atoms with van der Waals surface area (Å²) in [6.07, 6.45) is -0.524. The van der Waals surface area contributed by atoms with Gasteiger partial charge >= 0.3 is 5.97 Å². The minimum atomic E-state index is -2.86. The zero-order valence-electron chi connectivity index (χ0n) is 11.7. The normalized spacial score (nSPS) is 20.3. The average molecular weight is 302 g/mol. The Hall–Kier alpha value is -1.96. The van der Waals surface area contributed by atoms with Crippen LogP contribution >= 0.6 is 0 Å². The minimum Gasteiger partial charge on any atom is -0.465 e. The number of alkyl halides is 2. The van der Waals surface area contributed by atoms with Gasteiger partial charge in [-0.2, -0.15) is 0 Å². The Bertz CT molecular complexity index is 556. The quantitative estimate of drug-likeness (QED) is 0.811. The fourth-order valence-electron chi connectivity index (χ4n) is 2.14. The first-order chi connectivity index (χ1) is 9.82. The maximum Gasteiger partial charge on any atom is 0.341 e. The fraction of sp³-hybridized carbons (Fsp3) is 0.538. The number of nitrogens with one attached hydrogen (secondary N) is 2. The van der Waals surface area contributed by atoms with Gasteiger partial charge in [-0.1, -0.05) is 0 Å². The zero-order valence-corrected chi connectivity index (χ0v) is 11.7. The molecule has 0 aromatic carbocycles. The molecule has 1 aromatic heterocycles. The molecule has 2 N–H and O–H groups in total. The number of ether oxygens (including phenoxy) is 1. The summed E-state index contributed by atoms with van der Waals surface area (Å²) in [5, 5.41) is 4.96. The lowest BCUT2D eigenvalue weighted by molar-refractivity contribution is -0.123. The van der Waals surface area contributed by atoms with Crippen LogP contribution in [0.4, 0.5) is 8.78 Å². The van der Waals surface area contributed by atoms with Crippen LogP contribution in [0.25, 0.3) is 0 Å². The van der Waals surface area contributed by atoms with E-state index in [4.69, 9.17) is 4.42 Å². The molecule has 1 fully saturated rings. The summed E-state index contributed by atoms with van der Waals surface area (Å²) in [5.41, 5.74) is 0.271. The van der Waals surface area contributed by atoms with Gasteiger partial charge in [0.15, 0.2) is 0 Å². The third kappa shape index (κ3) is 3.57. The number of hydrogen-bond donors (Lipinski definition) is 2. The maximum absolute atomic E-state index is 13.0. The molecule has 21 heavy (non-hydrogen) atoms. The number of hydrogen-bond acceptors (Lipinski definition) is 5. The smallest absolute Gasteiger partial charge is 0.341 e. The highest BCUT2D eigenvalue weighted by atomic mass is 19.3. The zero-order chi connectivity index (χ0) is 15.6. The number of esters is 1. The Morgan fingerprint density at radius 2 is 2.29 bits per heavy atom. The molecule has 0 saturated carbocycles. The average Bonchev–Trinajstić information content (AvgIpc) is 2.98. The van der Waals surface area contributed by atoms with E-state index in [1.54, 1.807) is 6.92 Å². The molecule has 1 unspecified atom stereocenters. The van der Waals surface area contributed by atoms with Crippen molar-refractivity contribution in [1.82, 2.24) is 10.6 Å². The number of carbonyl (C=O) groups excluding carboxylic acids is 2. The third-order valence-electron chi connectivity index (χ3n) is 3.24. The van der Waals surface area contributed by atoms with Gasteiger partial charge in [-0.25, -0.2) is 13.6 Å². The van der Waals surface area contributed by atoms with E-state index in [0.717, 1.165) is 0 Å². The van der Waals surface area contributed by atoms with Crippen molar-refractivity contribution >= 4 is 11.9 Å². The topological polar surface area (TPSA) is 80.6 Å². The number of methoxy groups -OCH3 is 1. The van der Waals surface area contributed by atoms with E-state index in [1.807, 2.05) is 0 Å². The van der Waals surface area contributed by atoms with E-state index in [0.29, 0.717) is 11.5 Å². The molecule has 0 bridgehead atoms. The van der Waals surface area contributed by atoms with E-state index >= 15 is 0 Å². The largest absolute Gasteiger partial charge is 0.465 e. The number of carbonyl (C=O) groups is 2. The molecule has 0 radical (unpaired) electrons. The molecule has 0 spiro atoms. The maximum atomic E-state index is 13.0. The van der Waals surface area contributed by atoms with E-state index < -0.39 is 36.8 Å². The highest BCUT2D eigenvalue weighted by molar-refractivity contribution is 5.90. The lowest BCUT2D eigenvalue weighted by atomic mass is 10.2. The Morgan fingerprint density at radius 3 is 2.86 bits per heavy atom. The highest BCUT2D eigenvalue weighted by Crippen LogP contribution is 2.25. The molecule has 116 valence electrons. The number of halogens is 2. The van der Waals surface area contributed by atoms with Gasteiger partial charge in [-0.05, 0) is 13.0 Å². The second kappa shape index (κ2) is 5.80. The predicted molar refractivity (Wildman–Crippen MR) is 68.0 cm³/mol. The highest BCUT2D eigenvalue weighted by Gasteiger charge is 2.42. The van der Waals surface area contributed by atoms with Crippen LogP contribution in [0.5, 0.6) is 0 Å². The van der Waals surface area contributed by atoms with Crippen LogP contribution in [-0.2, 0) is 16.1 Å². The van der Waals surface area contributed by atoms with Crippen LogP contribution in [0.1, 0.15) is 28.3 Å². The first kappa shape index (κ1) is 15.4. The lowest BCUT2D eigenvalue weighted by Crippen LogP contribution is -2.39. The summed E-state index contributed by atoms with van der Waals surface area (Å²) in [6.45, 7) is 1.11. The van der Waals surface area contributed by atoms with Crippen LogP contribution in [-0.4, -0.2) is 37.5 Å². The van der Waals surface area contributed by atoms with Gasteiger partial charge in [0.2, 0.25) is 5.91 Å². The molecular weight excluding hydrogens is 286 g/mol. The molecule has 1 saturated heterocycles. The molecular formula is C13H16F2N2O4. The molecule has 0 aliphatic carbocycles. The van der Waals surface area contributed by atoms with Crippen molar-refractivity contribution in [2.75, 3.05) is 13.7 Å². The van der Waals surface area contributed by atoms with Gasteiger partial charge in [0.05, 0.1) is 26.2 Å². The summed E-state index contributed by atoms with van der Waals surface area (Å²) in [5.74, 6) is -3.20. The third-order valence-corrected chi connectivity index (χ3v) is 3.24. The van der Waals surface area contributed by atoms with Crippen molar-refractivity contribution < 1.29 is 27.5 Å². The van der Waals surface area contributed by atoms with Gasteiger partial charge < -0.3 is 14.5 Å². The molecule has 1 aromatic rings. The molecule has 2 heterocycles. The van der Waals surface area contributed by atoms with Crippen molar-refractivity contribution in [3.63, 3.8) is 0 Å². The first-order valence-corrected chi connectivity index (χ1v) is 6.39. The van der Waals surface area contributed by atoms with Crippen LogP contribution in [0.15, 0.2) is 10.5 Å². The molecule has 2 rings (SSSR count). The Balaban J connectivity index is 1.92. The summed E-state index contributed by atoms with van der Waals surface area (Å²) < 4.78 is 35.9. The molecule has 1 aliphatic rings. The second-order valence-corrected chi connectivity index (χ2v) is 4.89. The van der Waals surface area contributed by atoms with Crippen LogP contribution < -0.4 is 10.6 Å². The standard InChI is InChI=1S/C13H16F2N2O4/c1-7-9(12(19)20-2)3-8(21-7)5-16-11(18)10-4-13(14,15)6-17-10/h3,10,17H,4-6H2,1-2H3,(H,16,18). The number of rotatable bonds is 4. The van der Waals surface area contributed by atoms with Gasteiger partial charge in [0, 0.05) is 6.42 Å². The van der Waals surface area contributed by atoms with Gasteiger partial charge in [-0.15, -0.1) is 0 Å². The van der Waals surface area contributed by atoms with E-state index in [2.05, 4.69) is 15.4 Å². The van der Waals surface area contributed by atoms with Crippen molar-refractivity contribution in [3.8, 4) is 0 Å². The molecule has 8 heteroatoms. The molecule has 1 atom stereocenters. The summed E-state index contributed by atoms with van der Waals surface area (Å²) in [7, 11) is 1.25. The fourth-order valence-corrected chi connectivity index (χ4v) is 2.14. The van der Waals surface area contributed by atoms with Gasteiger partial charge in [0.25, 0.3) is 5.92 Å². The summed E-state index contributed by atoms with van der Waals surface area (Å²) in [6, 6.07) is 0.536. The molecule has 1 aliphatic heterocycles. The van der Waals surface area contributed by atoms with Crippen molar-refractivity contribution in [2.45, 2.75) is 31.9 Å². The number of aryl methyl sites for hydroxylation is 1. The summed E-state index contributed by atoms with van der Waals surface area (Å²) in [4.78, 5) is 23.2. The Morgan fingerprint density at radius 1 is 1.57 bits per heavy atom. The molecule has 1 amide bonds. The van der Waals surface area contributed by atoms with Gasteiger partial charge in [-0.3, -0.25) is 10.1 Å². The monoisotopic (exact) mass is 302 g/mol. The van der Waals surface area contributed by atoms with Crippen LogP contribution in [0.2, 0.25) is 0 Å². The number of furan rings is 1. The van der Waals surface area contributed by atoms with E-state index in [-0.39, 0.29) is 12.1 Å². The van der Waals surface area contributed by atoms with Crippen molar-refractivity contribution in [3.05, 3.63) is 23.2 Å². The summed E-state index contributed by atoms with van der Waals surface area (Å²) >= 11 is 0. The van der Waals surface area contributed by atoms with Gasteiger partial charge in [0.1, 0.15) is 17.1 Å². The Labute approximate surface area is 119 Å². The lowest BCUT2D eigenvalue weighted by Gasteiger charge is -2.10. The Kier molecular flexibility index (Phi) is 4.26. The van der Waals surface area contributed by atoms with Crippen molar-refractivity contribution in [1.29, 1.82) is 0 Å². The van der Waals surface area contributed by atoms with Crippen LogP contribution in [0, 0.1) is 6.92 Å². The second-order valence-electron chi connectivity index (χ2n) is 4.89. The van der Waals surface area contributed by atoms with E-state index in [1.165, 1.54) is 13.2 Å². The molecule has 6 nitrogen and oxygen atoms in total. The minimum absolute atomic E-state index is 0.0143. The van der Waals surface area contributed by atoms with Crippen LogP contribution in [0.3, 0.4) is 0 Å². The predicted octanol–water partition coefficient (Wildman–Crippen LogP) is 0.988. The van der Waals surface area contributed by atoms with E-state index in [9.17, 15) is 18.4 Å². The van der Waals surface area contributed by atoms with Crippen molar-refractivity contribution in [2.24, 2.45) is 0 Å².